The fourth-order valence-corrected chi connectivity index (χ4v) is 2.20. The van der Waals surface area contributed by atoms with Gasteiger partial charge in [0.25, 0.3) is 0 Å². The fourth-order valence-electron chi connectivity index (χ4n) is 1.94. The van der Waals surface area contributed by atoms with E-state index in [2.05, 4.69) is 0 Å². The van der Waals surface area contributed by atoms with Crippen molar-refractivity contribution in [1.29, 1.82) is 0 Å². The van der Waals surface area contributed by atoms with E-state index in [0.717, 1.165) is 11.1 Å². The first kappa shape index (κ1) is 13.1. The zero-order chi connectivity index (χ0) is 13.0. The molecule has 0 aromatic heterocycles. The van der Waals surface area contributed by atoms with Crippen molar-refractivity contribution in [2.75, 3.05) is 0 Å². The van der Waals surface area contributed by atoms with Gasteiger partial charge in [0.2, 0.25) is 0 Å². The van der Waals surface area contributed by atoms with Crippen molar-refractivity contribution in [2.45, 2.75) is 18.6 Å². The Balaban J connectivity index is 2.10. The average Bonchev–Trinajstić information content (AvgIpc) is 2.39. The number of rotatable bonds is 4. The second kappa shape index (κ2) is 6.01. The molecule has 0 spiro atoms. The summed E-state index contributed by atoms with van der Waals surface area (Å²) in [5.74, 6) is 0. The van der Waals surface area contributed by atoms with Gasteiger partial charge in [0.15, 0.2) is 0 Å². The Labute approximate surface area is 112 Å². The summed E-state index contributed by atoms with van der Waals surface area (Å²) in [4.78, 5) is 0. The number of benzene rings is 2. The number of hydrogen-bond donors (Lipinski definition) is 2. The van der Waals surface area contributed by atoms with Crippen LogP contribution >= 0.6 is 11.6 Å². The topological polar surface area (TPSA) is 46.2 Å². The molecule has 0 aliphatic rings. The molecule has 0 fully saturated rings. The van der Waals surface area contributed by atoms with Crippen LogP contribution < -0.4 is 5.73 Å². The Morgan fingerprint density at radius 2 is 1.61 bits per heavy atom. The molecule has 2 nitrogen and oxygen atoms in total. The molecule has 18 heavy (non-hydrogen) atoms. The Morgan fingerprint density at radius 1 is 1.00 bits per heavy atom. The van der Waals surface area contributed by atoms with Crippen LogP contribution in [0.25, 0.3) is 0 Å². The normalized spacial score (nSPS) is 14.2. The quantitative estimate of drug-likeness (QED) is 0.889. The van der Waals surface area contributed by atoms with Crippen LogP contribution in [0.1, 0.15) is 17.2 Å². The highest BCUT2D eigenvalue weighted by Crippen LogP contribution is 2.24. The summed E-state index contributed by atoms with van der Waals surface area (Å²) in [5, 5.41) is 10.8. The number of aliphatic hydroxyl groups is 1. The smallest absolute Gasteiger partial charge is 0.0773 e. The van der Waals surface area contributed by atoms with Crippen LogP contribution in [0.2, 0.25) is 5.02 Å². The molecule has 0 heterocycles. The molecule has 3 N–H and O–H groups in total. The summed E-state index contributed by atoms with van der Waals surface area (Å²) in [5.41, 5.74) is 7.90. The minimum Gasteiger partial charge on any atom is -0.391 e. The summed E-state index contributed by atoms with van der Waals surface area (Å²) in [7, 11) is 0. The van der Waals surface area contributed by atoms with E-state index in [4.69, 9.17) is 17.3 Å². The van der Waals surface area contributed by atoms with Gasteiger partial charge in [-0.05, 0) is 17.2 Å². The van der Waals surface area contributed by atoms with Gasteiger partial charge in [-0.15, -0.1) is 0 Å². The molecule has 0 aliphatic heterocycles. The largest absolute Gasteiger partial charge is 0.391 e. The van der Waals surface area contributed by atoms with Crippen LogP contribution in [-0.2, 0) is 6.42 Å². The van der Waals surface area contributed by atoms with Gasteiger partial charge in [-0.1, -0.05) is 60.1 Å². The van der Waals surface area contributed by atoms with E-state index >= 15 is 0 Å². The minimum absolute atomic E-state index is 0.473. The molecule has 0 amide bonds. The van der Waals surface area contributed by atoms with Crippen LogP contribution in [0.4, 0.5) is 0 Å². The van der Waals surface area contributed by atoms with Crippen molar-refractivity contribution in [1.82, 2.24) is 0 Å². The van der Waals surface area contributed by atoms with Crippen molar-refractivity contribution in [3.05, 3.63) is 70.7 Å². The third kappa shape index (κ3) is 3.10. The lowest BCUT2D eigenvalue weighted by Gasteiger charge is -2.20. The molecular weight excluding hydrogens is 246 g/mol. The van der Waals surface area contributed by atoms with Crippen LogP contribution in [0.3, 0.4) is 0 Å². The molecule has 2 aromatic carbocycles. The van der Waals surface area contributed by atoms with Gasteiger partial charge in [-0.2, -0.15) is 0 Å². The highest BCUT2D eigenvalue weighted by molar-refractivity contribution is 6.31. The predicted molar refractivity (Wildman–Crippen MR) is 74.5 cm³/mol. The van der Waals surface area contributed by atoms with Crippen molar-refractivity contribution < 1.29 is 5.11 Å². The van der Waals surface area contributed by atoms with Crippen molar-refractivity contribution in [2.24, 2.45) is 5.73 Å². The van der Waals surface area contributed by atoms with E-state index in [0.29, 0.717) is 11.4 Å². The Kier molecular flexibility index (Phi) is 4.37. The van der Waals surface area contributed by atoms with Gasteiger partial charge in [0.05, 0.1) is 12.1 Å². The molecule has 2 aromatic rings. The molecular formula is C15H16ClNO. The standard InChI is InChI=1S/C15H16ClNO/c16-13-9-5-4-8-12(13)15(17)14(18)10-11-6-2-1-3-7-11/h1-9,14-15,18H,10,17H2/t14-,15+/m0/s1. The fraction of sp³-hybridized carbons (Fsp3) is 0.200. The van der Waals surface area contributed by atoms with Crippen LogP contribution in [0, 0.1) is 0 Å². The van der Waals surface area contributed by atoms with Gasteiger partial charge in [0, 0.05) is 11.4 Å². The van der Waals surface area contributed by atoms with Crippen molar-refractivity contribution in [3.8, 4) is 0 Å². The van der Waals surface area contributed by atoms with Gasteiger partial charge >= 0.3 is 0 Å². The third-order valence-electron chi connectivity index (χ3n) is 2.97. The molecule has 0 bridgehead atoms. The summed E-state index contributed by atoms with van der Waals surface area (Å²) in [6.07, 6.45) is -0.125. The average molecular weight is 262 g/mol. The summed E-state index contributed by atoms with van der Waals surface area (Å²) >= 11 is 6.08. The van der Waals surface area contributed by atoms with E-state index in [1.165, 1.54) is 0 Å². The molecule has 0 radical (unpaired) electrons. The Hall–Kier alpha value is -1.35. The molecule has 2 atom stereocenters. The Bertz CT molecular complexity index is 501. The van der Waals surface area contributed by atoms with Crippen molar-refractivity contribution in [3.63, 3.8) is 0 Å². The Morgan fingerprint density at radius 3 is 2.28 bits per heavy atom. The van der Waals surface area contributed by atoms with Crippen molar-refractivity contribution >= 4 is 11.6 Å². The zero-order valence-electron chi connectivity index (χ0n) is 9.96. The van der Waals surface area contributed by atoms with Gasteiger partial charge in [0.1, 0.15) is 0 Å². The maximum absolute atomic E-state index is 10.2. The number of halogens is 1. The second-order valence-corrected chi connectivity index (χ2v) is 4.71. The van der Waals surface area contributed by atoms with Gasteiger partial charge in [-0.3, -0.25) is 0 Å². The van der Waals surface area contributed by atoms with Crippen LogP contribution in [-0.4, -0.2) is 11.2 Å². The van der Waals surface area contributed by atoms with Crippen LogP contribution in [0.15, 0.2) is 54.6 Å². The lowest BCUT2D eigenvalue weighted by molar-refractivity contribution is 0.145. The predicted octanol–water partition coefficient (Wildman–Crippen LogP) is 2.94. The SMILES string of the molecule is N[C@H](c1ccccc1Cl)[C@@H](O)Cc1ccccc1. The molecule has 0 aliphatic carbocycles. The number of nitrogens with two attached hydrogens (primary N) is 1. The van der Waals surface area contributed by atoms with Gasteiger partial charge < -0.3 is 10.8 Å². The van der Waals surface area contributed by atoms with E-state index in [-0.39, 0.29) is 0 Å². The minimum atomic E-state index is -0.646. The first-order valence-corrected chi connectivity index (χ1v) is 6.28. The second-order valence-electron chi connectivity index (χ2n) is 4.30. The summed E-state index contributed by atoms with van der Waals surface area (Å²) in [6, 6.07) is 16.7. The number of hydrogen-bond acceptors (Lipinski definition) is 2. The lowest BCUT2D eigenvalue weighted by Crippen LogP contribution is -2.28. The van der Waals surface area contributed by atoms with E-state index in [1.54, 1.807) is 6.07 Å². The summed E-state index contributed by atoms with van der Waals surface area (Å²) < 4.78 is 0. The molecule has 3 heteroatoms. The van der Waals surface area contributed by atoms with E-state index < -0.39 is 12.1 Å². The first-order chi connectivity index (χ1) is 8.68. The third-order valence-corrected chi connectivity index (χ3v) is 3.31. The highest BCUT2D eigenvalue weighted by atomic mass is 35.5. The maximum atomic E-state index is 10.2. The lowest BCUT2D eigenvalue weighted by atomic mass is 9.97. The molecule has 0 saturated heterocycles. The summed E-state index contributed by atoms with van der Waals surface area (Å²) in [6.45, 7) is 0. The maximum Gasteiger partial charge on any atom is 0.0773 e. The first-order valence-electron chi connectivity index (χ1n) is 5.90. The van der Waals surface area contributed by atoms with Gasteiger partial charge in [-0.25, -0.2) is 0 Å². The van der Waals surface area contributed by atoms with E-state index in [9.17, 15) is 5.11 Å². The zero-order valence-corrected chi connectivity index (χ0v) is 10.7. The highest BCUT2D eigenvalue weighted by Gasteiger charge is 2.19. The van der Waals surface area contributed by atoms with E-state index in [1.807, 2.05) is 48.5 Å². The van der Waals surface area contributed by atoms with Crippen LogP contribution in [0.5, 0.6) is 0 Å². The molecule has 0 saturated carbocycles. The molecule has 0 unspecified atom stereocenters. The molecule has 2 rings (SSSR count). The molecule has 94 valence electrons. The number of aliphatic hydroxyl groups excluding tert-OH is 1. The monoisotopic (exact) mass is 261 g/mol.